The van der Waals surface area contributed by atoms with Crippen molar-refractivity contribution in [2.45, 2.75) is 57.1 Å². The largest absolute Gasteiger partial charge is 0.481 e. The monoisotopic (exact) mass is 309 g/mol. The maximum atomic E-state index is 10.7. The first-order valence-corrected chi connectivity index (χ1v) is 8.92. The van der Waals surface area contributed by atoms with Crippen molar-refractivity contribution in [2.75, 3.05) is 5.75 Å². The lowest BCUT2D eigenvalue weighted by molar-refractivity contribution is -0.133. The minimum absolute atomic E-state index is 0.0516. The Labute approximate surface area is 129 Å². The average molecular weight is 309 g/mol. The third-order valence-corrected chi connectivity index (χ3v) is 5.85. The molecule has 3 atom stereocenters. The topological polar surface area (TPSA) is 68.0 Å². The van der Waals surface area contributed by atoms with Crippen molar-refractivity contribution in [3.63, 3.8) is 0 Å². The highest BCUT2D eigenvalue weighted by Crippen LogP contribution is 2.49. The highest BCUT2D eigenvalue weighted by Gasteiger charge is 2.40. The fourth-order valence-electron chi connectivity index (χ4n) is 4.01. The van der Waals surface area contributed by atoms with Crippen molar-refractivity contribution in [3.05, 3.63) is 5.82 Å². The van der Waals surface area contributed by atoms with Gasteiger partial charge >= 0.3 is 5.97 Å². The summed E-state index contributed by atoms with van der Waals surface area (Å²) in [5, 5.41) is 18.2. The van der Waals surface area contributed by atoms with E-state index in [1.54, 1.807) is 0 Å². The molecule has 0 amide bonds. The van der Waals surface area contributed by atoms with E-state index in [0.717, 1.165) is 48.1 Å². The molecule has 0 saturated heterocycles. The number of aliphatic carboxylic acids is 1. The number of nitrogens with zero attached hydrogens (tertiary/aromatic N) is 3. The smallest absolute Gasteiger partial charge is 0.313 e. The van der Waals surface area contributed by atoms with Gasteiger partial charge in [0.05, 0.1) is 5.75 Å². The van der Waals surface area contributed by atoms with Crippen LogP contribution in [0, 0.1) is 17.8 Å². The van der Waals surface area contributed by atoms with Gasteiger partial charge in [-0.3, -0.25) is 4.79 Å². The van der Waals surface area contributed by atoms with Gasteiger partial charge in [0.1, 0.15) is 5.82 Å². The molecule has 0 radical (unpaired) electrons. The van der Waals surface area contributed by atoms with Crippen LogP contribution in [0.2, 0.25) is 0 Å². The van der Waals surface area contributed by atoms with Crippen LogP contribution in [0.25, 0.3) is 0 Å². The Kier molecular flexibility index (Phi) is 4.52. The molecule has 3 unspecified atom stereocenters. The lowest BCUT2D eigenvalue weighted by atomic mass is 9.86. The average Bonchev–Trinajstić information content (AvgIpc) is 3.14. The third-order valence-electron chi connectivity index (χ3n) is 4.89. The molecule has 0 spiro atoms. The van der Waals surface area contributed by atoms with E-state index in [9.17, 15) is 4.79 Å². The van der Waals surface area contributed by atoms with Gasteiger partial charge in [0.25, 0.3) is 0 Å². The number of hydrogen-bond donors (Lipinski definition) is 1. The van der Waals surface area contributed by atoms with Crippen molar-refractivity contribution < 1.29 is 9.90 Å². The molecule has 5 nitrogen and oxygen atoms in total. The minimum atomic E-state index is -0.805. The van der Waals surface area contributed by atoms with Gasteiger partial charge in [-0.25, -0.2) is 0 Å². The Hall–Kier alpha value is -1.04. The second-order valence-electron chi connectivity index (χ2n) is 6.37. The predicted molar refractivity (Wildman–Crippen MR) is 81.3 cm³/mol. The standard InChI is InChI=1S/C15H23N3O2S/c1-2-5-18-13(16-17-15(18)21-9-14(19)20)8-12-7-10-3-4-11(12)6-10/h10-12H,2-9H2,1H3,(H,19,20). The van der Waals surface area contributed by atoms with Crippen molar-refractivity contribution in [3.8, 4) is 0 Å². The van der Waals surface area contributed by atoms with Gasteiger partial charge in [-0.2, -0.15) is 0 Å². The summed E-state index contributed by atoms with van der Waals surface area (Å²) in [6.07, 6.45) is 7.60. The first kappa shape index (κ1) is 14.9. The molecule has 1 heterocycles. The summed E-state index contributed by atoms with van der Waals surface area (Å²) in [6, 6.07) is 0. The molecule has 0 aliphatic heterocycles. The Morgan fingerprint density at radius 1 is 1.38 bits per heavy atom. The van der Waals surface area contributed by atoms with Crippen molar-refractivity contribution in [2.24, 2.45) is 17.8 Å². The zero-order valence-electron chi connectivity index (χ0n) is 12.5. The van der Waals surface area contributed by atoms with E-state index >= 15 is 0 Å². The molecular formula is C15H23N3O2S. The third kappa shape index (κ3) is 3.25. The van der Waals surface area contributed by atoms with Crippen LogP contribution in [-0.4, -0.2) is 31.6 Å². The highest BCUT2D eigenvalue weighted by atomic mass is 32.2. The number of carboxylic acids is 1. The molecule has 2 aliphatic carbocycles. The van der Waals surface area contributed by atoms with Crippen LogP contribution in [0.5, 0.6) is 0 Å². The second-order valence-corrected chi connectivity index (χ2v) is 7.31. The first-order valence-electron chi connectivity index (χ1n) is 7.94. The van der Waals surface area contributed by atoms with Gasteiger partial charge in [-0.15, -0.1) is 10.2 Å². The lowest BCUT2D eigenvalue weighted by Gasteiger charge is -2.21. The lowest BCUT2D eigenvalue weighted by Crippen LogP contribution is -2.16. The Morgan fingerprint density at radius 3 is 2.86 bits per heavy atom. The molecule has 3 rings (SSSR count). The van der Waals surface area contributed by atoms with Gasteiger partial charge in [0, 0.05) is 13.0 Å². The Bertz CT molecular complexity index is 517. The van der Waals surface area contributed by atoms with Crippen molar-refractivity contribution >= 4 is 17.7 Å². The number of rotatable bonds is 7. The molecule has 21 heavy (non-hydrogen) atoms. The van der Waals surface area contributed by atoms with Gasteiger partial charge in [-0.05, 0) is 43.4 Å². The van der Waals surface area contributed by atoms with Crippen LogP contribution < -0.4 is 0 Å². The molecule has 1 aromatic rings. The van der Waals surface area contributed by atoms with Crippen molar-refractivity contribution in [1.82, 2.24) is 14.8 Å². The Balaban J connectivity index is 1.70. The number of thioether (sulfide) groups is 1. The number of aromatic nitrogens is 3. The number of carbonyl (C=O) groups is 1. The van der Waals surface area contributed by atoms with Crippen LogP contribution in [-0.2, 0) is 17.8 Å². The van der Waals surface area contributed by atoms with E-state index in [2.05, 4.69) is 21.7 Å². The fraction of sp³-hybridized carbons (Fsp3) is 0.800. The second kappa shape index (κ2) is 6.38. The van der Waals surface area contributed by atoms with E-state index in [1.807, 2.05) is 0 Å². The quantitative estimate of drug-likeness (QED) is 0.784. The molecule has 2 aliphatic rings. The summed E-state index contributed by atoms with van der Waals surface area (Å²) in [4.78, 5) is 10.7. The van der Waals surface area contributed by atoms with Crippen LogP contribution in [0.1, 0.15) is 44.9 Å². The molecule has 1 N–H and O–H groups in total. The molecule has 116 valence electrons. The molecule has 6 heteroatoms. The summed E-state index contributed by atoms with van der Waals surface area (Å²) < 4.78 is 2.14. The Morgan fingerprint density at radius 2 is 2.24 bits per heavy atom. The zero-order valence-corrected chi connectivity index (χ0v) is 13.3. The van der Waals surface area contributed by atoms with E-state index in [-0.39, 0.29) is 5.75 Å². The van der Waals surface area contributed by atoms with Gasteiger partial charge < -0.3 is 9.67 Å². The summed E-state index contributed by atoms with van der Waals surface area (Å²) in [5.74, 6) is 2.90. The van der Waals surface area contributed by atoms with Gasteiger partial charge in [-0.1, -0.05) is 25.1 Å². The summed E-state index contributed by atoms with van der Waals surface area (Å²) >= 11 is 1.28. The van der Waals surface area contributed by atoms with Crippen molar-refractivity contribution in [1.29, 1.82) is 0 Å². The van der Waals surface area contributed by atoms with Crippen LogP contribution in [0.4, 0.5) is 0 Å². The highest BCUT2D eigenvalue weighted by molar-refractivity contribution is 7.99. The molecular weight excluding hydrogens is 286 g/mol. The SMILES string of the molecule is CCCn1c(CC2CC3CCC2C3)nnc1SCC(=O)O. The number of fused-ring (bicyclic) bond motifs is 2. The fourth-order valence-corrected chi connectivity index (χ4v) is 4.72. The molecule has 2 saturated carbocycles. The number of carboxylic acid groups (broad SMARTS) is 1. The maximum absolute atomic E-state index is 10.7. The normalized spacial score (nSPS) is 27.4. The summed E-state index contributed by atoms with van der Waals surface area (Å²) in [6.45, 7) is 3.01. The van der Waals surface area contributed by atoms with Gasteiger partial charge in [0.2, 0.25) is 0 Å². The molecule has 1 aromatic heterocycles. The molecule has 2 bridgehead atoms. The maximum Gasteiger partial charge on any atom is 0.313 e. The van der Waals surface area contributed by atoms with Gasteiger partial charge in [0.15, 0.2) is 5.16 Å². The minimum Gasteiger partial charge on any atom is -0.481 e. The summed E-state index contributed by atoms with van der Waals surface area (Å²) in [7, 11) is 0. The van der Waals surface area contributed by atoms with E-state index in [0.29, 0.717) is 0 Å². The van der Waals surface area contributed by atoms with E-state index in [1.165, 1.54) is 37.4 Å². The molecule has 2 fully saturated rings. The first-order chi connectivity index (χ1) is 10.2. The van der Waals surface area contributed by atoms with Crippen LogP contribution in [0.3, 0.4) is 0 Å². The van der Waals surface area contributed by atoms with E-state index < -0.39 is 5.97 Å². The summed E-state index contributed by atoms with van der Waals surface area (Å²) in [5.41, 5.74) is 0. The van der Waals surface area contributed by atoms with Crippen LogP contribution in [0.15, 0.2) is 5.16 Å². The molecule has 0 aromatic carbocycles. The van der Waals surface area contributed by atoms with E-state index in [4.69, 9.17) is 5.11 Å². The van der Waals surface area contributed by atoms with Crippen LogP contribution >= 0.6 is 11.8 Å². The predicted octanol–water partition coefficient (Wildman–Crippen LogP) is 2.84. The number of hydrogen-bond acceptors (Lipinski definition) is 4. The zero-order chi connectivity index (χ0) is 14.8.